The van der Waals surface area contributed by atoms with Gasteiger partial charge in [0.15, 0.2) is 0 Å². The van der Waals surface area contributed by atoms with Gasteiger partial charge in [0.25, 0.3) is 0 Å². The highest BCUT2D eigenvalue weighted by atomic mass is 16.5. The molecule has 0 radical (unpaired) electrons. The Balaban J connectivity index is -0.000000203. The molecule has 0 spiro atoms. The van der Waals surface area contributed by atoms with Crippen molar-refractivity contribution >= 4 is 11.9 Å². The predicted molar refractivity (Wildman–Crippen MR) is 63.6 cm³/mol. The van der Waals surface area contributed by atoms with Crippen molar-refractivity contribution in [1.29, 1.82) is 0 Å². The maximum atomic E-state index is 9.45. The standard InChI is InChI=1S/C4H10O3.2C3H6O3/c5-1-3-7-4-2-6;2*1-2(4)3(5)6/h5-6H,1-4H2;2*2,4H,1H3,(H,5,6). The van der Waals surface area contributed by atoms with Crippen LogP contribution in [0.15, 0.2) is 0 Å². The lowest BCUT2D eigenvalue weighted by atomic mass is 10.4. The molecule has 0 fully saturated rings. The molecule has 19 heavy (non-hydrogen) atoms. The molecular weight excluding hydrogens is 264 g/mol. The summed E-state index contributed by atoms with van der Waals surface area (Å²) in [7, 11) is 0. The van der Waals surface area contributed by atoms with Crippen LogP contribution in [0.1, 0.15) is 13.8 Å². The fraction of sp³-hybridized carbons (Fsp3) is 0.800. The number of hydrogen-bond donors (Lipinski definition) is 6. The van der Waals surface area contributed by atoms with Gasteiger partial charge >= 0.3 is 11.9 Å². The van der Waals surface area contributed by atoms with E-state index in [2.05, 4.69) is 4.74 Å². The second-order valence-electron chi connectivity index (χ2n) is 3.09. The van der Waals surface area contributed by atoms with Crippen molar-refractivity contribution in [2.45, 2.75) is 26.1 Å². The van der Waals surface area contributed by atoms with Crippen LogP contribution in [0.2, 0.25) is 0 Å². The molecule has 2 atom stereocenters. The third-order valence-corrected chi connectivity index (χ3v) is 1.19. The Morgan fingerprint density at radius 1 is 0.895 bits per heavy atom. The van der Waals surface area contributed by atoms with Crippen LogP contribution in [0.4, 0.5) is 0 Å². The maximum Gasteiger partial charge on any atom is 0.332 e. The molecule has 0 aliphatic heterocycles. The van der Waals surface area contributed by atoms with Gasteiger partial charge in [-0.3, -0.25) is 0 Å². The van der Waals surface area contributed by atoms with Crippen LogP contribution in [-0.4, -0.2) is 81.2 Å². The molecule has 0 aromatic carbocycles. The predicted octanol–water partition coefficient (Wildman–Crippen LogP) is -2.11. The number of carbonyl (C=O) groups is 2. The minimum atomic E-state index is -1.23. The van der Waals surface area contributed by atoms with Gasteiger partial charge in [-0.25, -0.2) is 9.59 Å². The van der Waals surface area contributed by atoms with Crippen LogP contribution in [0.25, 0.3) is 0 Å². The van der Waals surface area contributed by atoms with E-state index in [0.717, 1.165) is 0 Å². The van der Waals surface area contributed by atoms with E-state index in [4.69, 9.17) is 30.6 Å². The van der Waals surface area contributed by atoms with E-state index >= 15 is 0 Å². The van der Waals surface area contributed by atoms with Crippen LogP contribution < -0.4 is 0 Å². The molecule has 0 heterocycles. The van der Waals surface area contributed by atoms with E-state index in [-0.39, 0.29) is 13.2 Å². The Morgan fingerprint density at radius 3 is 1.21 bits per heavy atom. The fourth-order valence-electron chi connectivity index (χ4n) is 0.231. The minimum absolute atomic E-state index is 0.0278. The summed E-state index contributed by atoms with van der Waals surface area (Å²) in [6.07, 6.45) is -2.46. The Kier molecular flexibility index (Phi) is 20.2. The van der Waals surface area contributed by atoms with Gasteiger partial charge in [0.05, 0.1) is 26.4 Å². The number of carboxylic acids is 2. The van der Waals surface area contributed by atoms with Crippen LogP contribution in [0.5, 0.6) is 0 Å². The number of hydrogen-bond acceptors (Lipinski definition) is 7. The van der Waals surface area contributed by atoms with Crippen LogP contribution in [0.3, 0.4) is 0 Å². The smallest absolute Gasteiger partial charge is 0.332 e. The molecule has 0 aliphatic rings. The van der Waals surface area contributed by atoms with Gasteiger partial charge in [-0.05, 0) is 13.8 Å². The summed E-state index contributed by atoms with van der Waals surface area (Å²) in [6, 6.07) is 0. The largest absolute Gasteiger partial charge is 0.479 e. The zero-order valence-electron chi connectivity index (χ0n) is 10.9. The number of ether oxygens (including phenoxy) is 1. The summed E-state index contributed by atoms with van der Waals surface area (Å²) in [6.45, 7) is 3.09. The third kappa shape index (κ3) is 31.5. The van der Waals surface area contributed by atoms with Gasteiger partial charge in [-0.15, -0.1) is 0 Å². The molecule has 0 aromatic rings. The lowest BCUT2D eigenvalue weighted by Gasteiger charge is -1.94. The van der Waals surface area contributed by atoms with Gasteiger partial charge in [-0.2, -0.15) is 0 Å². The number of aliphatic carboxylic acids is 2. The first-order valence-electron chi connectivity index (χ1n) is 5.31. The van der Waals surface area contributed by atoms with Crippen molar-refractivity contribution in [1.82, 2.24) is 0 Å². The monoisotopic (exact) mass is 286 g/mol. The Bertz CT molecular complexity index is 193. The highest BCUT2D eigenvalue weighted by Gasteiger charge is 2.01. The third-order valence-electron chi connectivity index (χ3n) is 1.19. The molecule has 9 nitrogen and oxygen atoms in total. The minimum Gasteiger partial charge on any atom is -0.479 e. The molecule has 0 rings (SSSR count). The first kappa shape index (κ1) is 22.9. The number of aliphatic hydroxyl groups excluding tert-OH is 4. The summed E-state index contributed by atoms with van der Waals surface area (Å²) in [5.41, 5.74) is 0. The second-order valence-corrected chi connectivity index (χ2v) is 3.09. The van der Waals surface area contributed by atoms with Crippen LogP contribution in [0, 0.1) is 0 Å². The molecule has 0 aromatic heterocycles. The second kappa shape index (κ2) is 16.7. The lowest BCUT2D eigenvalue weighted by Crippen LogP contribution is -2.13. The summed E-state index contributed by atoms with van der Waals surface area (Å²) >= 11 is 0. The highest BCUT2D eigenvalue weighted by Crippen LogP contribution is 1.74. The fourth-order valence-corrected chi connectivity index (χ4v) is 0.231. The van der Waals surface area contributed by atoms with Crippen molar-refractivity contribution in [3.05, 3.63) is 0 Å². The summed E-state index contributed by atoms with van der Waals surface area (Å²) in [4.78, 5) is 18.9. The van der Waals surface area contributed by atoms with Crippen LogP contribution >= 0.6 is 0 Å². The van der Waals surface area contributed by atoms with Crippen molar-refractivity contribution < 1.29 is 45.0 Å². The normalized spacial score (nSPS) is 12.1. The van der Waals surface area contributed by atoms with Crippen molar-refractivity contribution in [2.75, 3.05) is 26.4 Å². The van der Waals surface area contributed by atoms with E-state index in [0.29, 0.717) is 13.2 Å². The molecule has 9 heteroatoms. The number of rotatable bonds is 6. The average Bonchev–Trinajstić information content (AvgIpc) is 2.31. The zero-order valence-corrected chi connectivity index (χ0v) is 10.9. The molecule has 0 saturated carbocycles. The first-order valence-corrected chi connectivity index (χ1v) is 5.31. The molecule has 0 saturated heterocycles. The summed E-state index contributed by atoms with van der Waals surface area (Å²) in [5, 5.41) is 47.7. The first-order chi connectivity index (χ1) is 8.70. The van der Waals surface area contributed by atoms with Gasteiger partial charge in [0.1, 0.15) is 12.2 Å². The van der Waals surface area contributed by atoms with E-state index in [1.807, 2.05) is 0 Å². The van der Waals surface area contributed by atoms with Gasteiger partial charge < -0.3 is 35.4 Å². The topological polar surface area (TPSA) is 165 Å². The number of aliphatic hydroxyl groups is 4. The highest BCUT2D eigenvalue weighted by molar-refractivity contribution is 5.71. The average molecular weight is 286 g/mol. The van der Waals surface area contributed by atoms with Crippen molar-refractivity contribution in [3.8, 4) is 0 Å². The van der Waals surface area contributed by atoms with Crippen molar-refractivity contribution in [2.24, 2.45) is 0 Å². The zero-order chi connectivity index (χ0) is 15.8. The molecule has 6 N–H and O–H groups in total. The van der Waals surface area contributed by atoms with Gasteiger partial charge in [0, 0.05) is 0 Å². The van der Waals surface area contributed by atoms with Crippen LogP contribution in [-0.2, 0) is 14.3 Å². The Morgan fingerprint density at radius 2 is 1.11 bits per heavy atom. The molecule has 116 valence electrons. The number of carboxylic acid groups (broad SMARTS) is 2. The van der Waals surface area contributed by atoms with Gasteiger partial charge in [-0.1, -0.05) is 0 Å². The lowest BCUT2D eigenvalue weighted by molar-refractivity contribution is -0.146. The van der Waals surface area contributed by atoms with E-state index in [1.54, 1.807) is 0 Å². The van der Waals surface area contributed by atoms with E-state index in [9.17, 15) is 9.59 Å². The SMILES string of the molecule is CC(O)C(=O)O.CC(O)C(=O)O.OCCOCCO. The molecule has 0 amide bonds. The van der Waals surface area contributed by atoms with E-state index < -0.39 is 24.1 Å². The van der Waals surface area contributed by atoms with Crippen molar-refractivity contribution in [3.63, 3.8) is 0 Å². The summed E-state index contributed by atoms with van der Waals surface area (Å²) in [5.74, 6) is -2.37. The molecular formula is C10H22O9. The summed E-state index contributed by atoms with van der Waals surface area (Å²) < 4.78 is 4.63. The molecule has 2 unspecified atom stereocenters. The Labute approximate surface area is 110 Å². The molecule has 0 bridgehead atoms. The van der Waals surface area contributed by atoms with Gasteiger partial charge in [0.2, 0.25) is 0 Å². The Hall–Kier alpha value is -1.26. The molecule has 0 aliphatic carbocycles. The quantitative estimate of drug-likeness (QED) is 0.300. The van der Waals surface area contributed by atoms with E-state index in [1.165, 1.54) is 13.8 Å². The maximum absolute atomic E-state index is 9.45.